The monoisotopic (exact) mass is 469 g/mol. The predicted octanol–water partition coefficient (Wildman–Crippen LogP) is 7.51. The van der Waals surface area contributed by atoms with Gasteiger partial charge < -0.3 is 9.72 Å². The summed E-state index contributed by atoms with van der Waals surface area (Å²) in [5, 5.41) is 2.79. The molecule has 3 aromatic rings. The Morgan fingerprint density at radius 2 is 1.85 bits per heavy atom. The van der Waals surface area contributed by atoms with Crippen LogP contribution >= 0.6 is 0 Å². The lowest BCUT2D eigenvalue weighted by Crippen LogP contribution is -2.34. The maximum absolute atomic E-state index is 14.2. The summed E-state index contributed by atoms with van der Waals surface area (Å²) in [6.45, 7) is 15.3. The Morgan fingerprint density at radius 1 is 1.18 bits per heavy atom. The highest BCUT2D eigenvalue weighted by atomic mass is 19.1. The first-order valence-electron chi connectivity index (χ1n) is 12.5. The van der Waals surface area contributed by atoms with Gasteiger partial charge >= 0.3 is 6.03 Å². The molecule has 1 aliphatic heterocycles. The minimum absolute atomic E-state index is 0.247. The van der Waals surface area contributed by atoms with Crippen LogP contribution in [0.2, 0.25) is 0 Å². The van der Waals surface area contributed by atoms with Gasteiger partial charge in [-0.3, -0.25) is 4.90 Å². The van der Waals surface area contributed by atoms with Crippen molar-refractivity contribution in [3.8, 4) is 0 Å². The topological polar surface area (TPSA) is 62.5 Å². The predicted molar refractivity (Wildman–Crippen MR) is 139 cm³/mol. The number of carbonyl (C=O) groups excluding carboxylic acids is 1. The minimum atomic E-state index is -0.472. The van der Waals surface area contributed by atoms with E-state index in [4.69, 9.17) is 0 Å². The van der Waals surface area contributed by atoms with Gasteiger partial charge in [-0.25, -0.2) is 19.2 Å². The average molecular weight is 470 g/mol. The third kappa shape index (κ3) is 6.55. The molecule has 0 radical (unpaired) electrons. The molecule has 0 aliphatic carbocycles. The fraction of sp³-hybridized carbons (Fsp3) is 0.519. The van der Waals surface area contributed by atoms with Crippen LogP contribution in [-0.2, 0) is 6.42 Å². The summed E-state index contributed by atoms with van der Waals surface area (Å²) >= 11 is 0. The number of carbonyl (C=O) groups is 1. The molecule has 0 saturated carbocycles. The maximum Gasteiger partial charge on any atom is 0.327 e. The molecule has 0 fully saturated rings. The normalized spacial score (nSPS) is 12.9. The second-order valence-corrected chi connectivity index (χ2v) is 8.74. The molecule has 1 aliphatic rings. The number of halogens is 1. The van der Waals surface area contributed by atoms with Gasteiger partial charge in [-0.15, -0.1) is 0 Å². The Labute approximate surface area is 203 Å². The molecule has 1 atom stereocenters. The number of amides is 2. The summed E-state index contributed by atoms with van der Waals surface area (Å²) in [5.74, 6) is 0.649. The highest BCUT2D eigenvalue weighted by Crippen LogP contribution is 2.33. The van der Waals surface area contributed by atoms with Gasteiger partial charge in [0.15, 0.2) is 11.5 Å². The van der Waals surface area contributed by atoms with Crippen LogP contribution in [0.15, 0.2) is 30.7 Å². The molecule has 0 bridgehead atoms. The van der Waals surface area contributed by atoms with E-state index in [-0.39, 0.29) is 11.7 Å². The van der Waals surface area contributed by atoms with Crippen LogP contribution in [0.4, 0.5) is 20.7 Å². The first-order chi connectivity index (χ1) is 16.3. The van der Waals surface area contributed by atoms with Crippen LogP contribution < -0.4 is 10.2 Å². The lowest BCUT2D eigenvalue weighted by Gasteiger charge is -2.18. The number of imidazole rings is 1. The van der Waals surface area contributed by atoms with E-state index in [1.807, 2.05) is 6.07 Å². The van der Waals surface area contributed by atoms with Gasteiger partial charge in [-0.1, -0.05) is 60.8 Å². The molecule has 3 aromatic heterocycles. The summed E-state index contributed by atoms with van der Waals surface area (Å²) in [5.41, 5.74) is 3.73. The number of unbranched alkanes of at least 4 members (excludes halogenated alkanes) is 1. The average Bonchev–Trinajstić information content (AvgIpc) is 3.42. The number of urea groups is 1. The number of fused-ring (bicyclic) bond motifs is 2. The first kappa shape index (κ1) is 27.3. The Bertz CT molecular complexity index is 1080. The Hall–Kier alpha value is -2.96. The fourth-order valence-electron chi connectivity index (χ4n) is 3.63. The van der Waals surface area contributed by atoms with E-state index in [0.717, 1.165) is 18.4 Å². The standard InChI is InChI=1S/C20H22FN5O.C4H10.C3H8/c1-4-12(2)15-5-7-22-18-16(15)6-8-26(18)20(27)24-14-9-17(21)19-23-13(3)10-25(19)11-14;1-3-4-2;1-3-2/h5,7,9-12H,4,6,8H2,1-3H3,(H,24,27);3-4H2,1-2H3;3H2,1-2H3. The summed E-state index contributed by atoms with van der Waals surface area (Å²) in [4.78, 5) is 23.0. The molecular formula is C27H40FN5O. The van der Waals surface area contributed by atoms with Crippen LogP contribution in [0.1, 0.15) is 90.0 Å². The molecule has 4 heterocycles. The number of aromatic nitrogens is 3. The molecule has 4 rings (SSSR count). The molecule has 0 aromatic carbocycles. The number of rotatable bonds is 4. The molecule has 6 nitrogen and oxygen atoms in total. The Kier molecular flexibility index (Phi) is 10.5. The number of nitrogens with one attached hydrogen (secondary N) is 1. The Morgan fingerprint density at radius 3 is 2.47 bits per heavy atom. The number of hydrogen-bond donors (Lipinski definition) is 1. The number of aryl methyl sites for hydroxylation is 1. The second-order valence-electron chi connectivity index (χ2n) is 8.74. The van der Waals surface area contributed by atoms with Crippen molar-refractivity contribution in [2.75, 3.05) is 16.8 Å². The highest BCUT2D eigenvalue weighted by molar-refractivity contribution is 6.02. The van der Waals surface area contributed by atoms with E-state index < -0.39 is 5.82 Å². The van der Waals surface area contributed by atoms with Gasteiger partial charge in [-0.05, 0) is 37.3 Å². The number of anilines is 2. The highest BCUT2D eigenvalue weighted by Gasteiger charge is 2.29. The summed E-state index contributed by atoms with van der Waals surface area (Å²) in [6, 6.07) is 3.02. The molecular weight excluding hydrogens is 429 g/mol. The maximum atomic E-state index is 14.2. The van der Waals surface area contributed by atoms with E-state index in [0.29, 0.717) is 29.7 Å². The van der Waals surface area contributed by atoms with Gasteiger partial charge in [0.2, 0.25) is 0 Å². The molecule has 7 heteroatoms. The van der Waals surface area contributed by atoms with E-state index in [1.54, 1.807) is 34.8 Å². The molecule has 34 heavy (non-hydrogen) atoms. The molecule has 1 N–H and O–H groups in total. The fourth-order valence-corrected chi connectivity index (χ4v) is 3.63. The van der Waals surface area contributed by atoms with E-state index >= 15 is 0 Å². The largest absolute Gasteiger partial charge is 0.327 e. The third-order valence-corrected chi connectivity index (χ3v) is 5.68. The van der Waals surface area contributed by atoms with Gasteiger partial charge in [-0.2, -0.15) is 0 Å². The summed E-state index contributed by atoms with van der Waals surface area (Å²) in [6.07, 6.45) is 10.8. The van der Waals surface area contributed by atoms with Crippen molar-refractivity contribution in [1.29, 1.82) is 0 Å². The smallest absolute Gasteiger partial charge is 0.306 e. The van der Waals surface area contributed by atoms with Gasteiger partial charge in [0.05, 0.1) is 11.4 Å². The van der Waals surface area contributed by atoms with E-state index in [2.05, 4.69) is 56.8 Å². The van der Waals surface area contributed by atoms with Crippen molar-refractivity contribution in [3.63, 3.8) is 0 Å². The van der Waals surface area contributed by atoms with Crippen LogP contribution in [-0.4, -0.2) is 26.9 Å². The zero-order chi connectivity index (χ0) is 25.3. The molecule has 2 amide bonds. The zero-order valence-corrected chi connectivity index (χ0v) is 21.8. The Balaban J connectivity index is 0.000000519. The molecule has 1 unspecified atom stereocenters. The second kappa shape index (κ2) is 13.1. The quantitative estimate of drug-likeness (QED) is 0.430. The first-order valence-corrected chi connectivity index (χ1v) is 12.5. The van der Waals surface area contributed by atoms with Crippen LogP contribution in [0.3, 0.4) is 0 Å². The summed E-state index contributed by atoms with van der Waals surface area (Å²) in [7, 11) is 0. The number of nitrogens with zero attached hydrogens (tertiary/aromatic N) is 4. The van der Waals surface area contributed by atoms with Crippen LogP contribution in [0.25, 0.3) is 5.65 Å². The van der Waals surface area contributed by atoms with Crippen molar-refractivity contribution in [1.82, 2.24) is 14.4 Å². The number of pyridine rings is 2. The SMILES string of the molecule is CCC.CCC(C)c1ccnc2c1CCN2C(=O)Nc1cc(F)c2nc(C)cn2c1.CCCC. The molecule has 186 valence electrons. The lowest BCUT2D eigenvalue weighted by atomic mass is 9.94. The van der Waals surface area contributed by atoms with Crippen molar-refractivity contribution < 1.29 is 9.18 Å². The van der Waals surface area contributed by atoms with Crippen molar-refractivity contribution in [2.45, 2.75) is 86.5 Å². The third-order valence-electron chi connectivity index (χ3n) is 5.68. The zero-order valence-electron chi connectivity index (χ0n) is 21.8. The van der Waals surface area contributed by atoms with Gasteiger partial charge in [0, 0.05) is 36.8 Å². The lowest BCUT2D eigenvalue weighted by molar-refractivity contribution is 0.257. The van der Waals surface area contributed by atoms with Gasteiger partial charge in [0.1, 0.15) is 5.82 Å². The van der Waals surface area contributed by atoms with E-state index in [9.17, 15) is 9.18 Å². The van der Waals surface area contributed by atoms with Crippen molar-refractivity contribution >= 4 is 23.2 Å². The van der Waals surface area contributed by atoms with Crippen molar-refractivity contribution in [3.05, 3.63) is 53.4 Å². The van der Waals surface area contributed by atoms with Crippen LogP contribution in [0, 0.1) is 12.7 Å². The van der Waals surface area contributed by atoms with Crippen LogP contribution in [0.5, 0.6) is 0 Å². The number of hydrogen-bond acceptors (Lipinski definition) is 3. The molecule has 0 spiro atoms. The van der Waals surface area contributed by atoms with E-state index in [1.165, 1.54) is 30.9 Å². The van der Waals surface area contributed by atoms with Crippen molar-refractivity contribution in [2.24, 2.45) is 0 Å². The minimum Gasteiger partial charge on any atom is -0.306 e. The van der Waals surface area contributed by atoms with Gasteiger partial charge in [0.25, 0.3) is 0 Å². The summed E-state index contributed by atoms with van der Waals surface area (Å²) < 4.78 is 15.8. The molecule has 0 saturated heterocycles.